The average molecular weight is 245 g/mol. The van der Waals surface area contributed by atoms with Gasteiger partial charge in [0.2, 0.25) is 0 Å². The van der Waals surface area contributed by atoms with Crippen molar-refractivity contribution in [3.8, 4) is 6.07 Å². The zero-order valence-electron chi connectivity index (χ0n) is 10.4. The molecule has 0 unspecified atom stereocenters. The number of hydrogen-bond acceptors (Lipinski definition) is 4. The van der Waals surface area contributed by atoms with Crippen LogP contribution in [0.4, 0.5) is 0 Å². The van der Waals surface area contributed by atoms with E-state index in [9.17, 15) is 4.57 Å². The summed E-state index contributed by atoms with van der Waals surface area (Å²) in [6, 6.07) is 2.03. The highest BCUT2D eigenvalue weighted by atomic mass is 31.2. The van der Waals surface area contributed by atoms with E-state index in [0.717, 1.165) is 0 Å². The minimum absolute atomic E-state index is 0.0589. The Morgan fingerprint density at radius 1 is 1.38 bits per heavy atom. The van der Waals surface area contributed by atoms with Crippen LogP contribution in [0.5, 0.6) is 0 Å². The van der Waals surface area contributed by atoms with Crippen LogP contribution in [-0.4, -0.2) is 19.4 Å². The van der Waals surface area contributed by atoms with Crippen LogP contribution >= 0.6 is 7.60 Å². The maximum atomic E-state index is 12.1. The lowest BCUT2D eigenvalue weighted by molar-refractivity contribution is 0.222. The molecule has 0 aromatic rings. The molecule has 92 valence electrons. The minimum Gasteiger partial charge on any atom is -0.309 e. The third-order valence-corrected chi connectivity index (χ3v) is 3.72. The molecule has 0 aromatic carbocycles. The Bertz CT molecular complexity index is 308. The lowest BCUT2D eigenvalue weighted by atomic mass is 10.1. The van der Waals surface area contributed by atoms with Crippen molar-refractivity contribution in [2.45, 2.75) is 27.7 Å². The van der Waals surface area contributed by atoms with E-state index in [1.54, 1.807) is 19.9 Å². The van der Waals surface area contributed by atoms with Crippen molar-refractivity contribution < 1.29 is 13.6 Å². The zero-order chi connectivity index (χ0) is 12.6. The normalized spacial score (nSPS) is 12.9. The van der Waals surface area contributed by atoms with Gasteiger partial charge in [0.05, 0.1) is 25.4 Å². The first kappa shape index (κ1) is 15.4. The molecular formula is C11H20NO3P. The Balaban J connectivity index is 4.74. The van der Waals surface area contributed by atoms with Crippen LogP contribution < -0.4 is 0 Å². The molecule has 0 aromatic heterocycles. The molecule has 5 heteroatoms. The summed E-state index contributed by atoms with van der Waals surface area (Å²) < 4.78 is 22.4. The van der Waals surface area contributed by atoms with E-state index in [4.69, 9.17) is 14.3 Å². The third-order valence-electron chi connectivity index (χ3n) is 1.69. The van der Waals surface area contributed by atoms with Gasteiger partial charge in [0.25, 0.3) is 0 Å². The van der Waals surface area contributed by atoms with E-state index in [1.807, 2.05) is 19.9 Å². The molecule has 0 atom stereocenters. The smallest absolute Gasteiger partial charge is 0.309 e. The predicted octanol–water partition coefficient (Wildman–Crippen LogP) is 3.36. The van der Waals surface area contributed by atoms with Crippen molar-refractivity contribution in [2.24, 2.45) is 5.92 Å². The second-order valence-corrected chi connectivity index (χ2v) is 5.71. The summed E-state index contributed by atoms with van der Waals surface area (Å²) in [6.07, 6.45) is 1.84. The second kappa shape index (κ2) is 7.62. The Morgan fingerprint density at radius 3 is 2.19 bits per heavy atom. The molecule has 0 radical (unpaired) electrons. The molecule has 0 spiro atoms. The van der Waals surface area contributed by atoms with Crippen molar-refractivity contribution >= 4 is 7.60 Å². The van der Waals surface area contributed by atoms with Gasteiger partial charge in [-0.1, -0.05) is 19.9 Å². The molecular weight excluding hydrogens is 225 g/mol. The van der Waals surface area contributed by atoms with Crippen molar-refractivity contribution in [3.05, 3.63) is 11.6 Å². The van der Waals surface area contributed by atoms with Crippen LogP contribution in [0.25, 0.3) is 0 Å². The van der Waals surface area contributed by atoms with Crippen LogP contribution in [0.1, 0.15) is 27.7 Å². The maximum Gasteiger partial charge on any atom is 0.335 e. The Hall–Kier alpha value is -0.620. The van der Waals surface area contributed by atoms with Gasteiger partial charge in [0.15, 0.2) is 0 Å². The topological polar surface area (TPSA) is 59.3 Å². The standard InChI is InChI=1S/C11H20NO3P/c1-5-14-16(13,15-6-2)9-11(8-12)7-10(3)4/h7,10H,5-6,9H2,1-4H3. The highest BCUT2D eigenvalue weighted by molar-refractivity contribution is 7.54. The Labute approximate surface area is 97.8 Å². The number of rotatable bonds is 7. The fourth-order valence-electron chi connectivity index (χ4n) is 1.26. The zero-order valence-corrected chi connectivity index (χ0v) is 11.3. The van der Waals surface area contributed by atoms with Crippen molar-refractivity contribution in [1.82, 2.24) is 0 Å². The summed E-state index contributed by atoms with van der Waals surface area (Å²) >= 11 is 0. The van der Waals surface area contributed by atoms with Crippen LogP contribution in [0.3, 0.4) is 0 Å². The molecule has 16 heavy (non-hydrogen) atoms. The second-order valence-electron chi connectivity index (χ2n) is 3.65. The first-order valence-electron chi connectivity index (χ1n) is 5.46. The van der Waals surface area contributed by atoms with Crippen LogP contribution in [0, 0.1) is 17.2 Å². The highest BCUT2D eigenvalue weighted by Crippen LogP contribution is 2.49. The lowest BCUT2D eigenvalue weighted by Crippen LogP contribution is -2.02. The average Bonchev–Trinajstić information content (AvgIpc) is 2.16. The Kier molecular flexibility index (Phi) is 7.33. The molecule has 0 aliphatic rings. The van der Waals surface area contributed by atoms with Crippen LogP contribution in [-0.2, 0) is 13.6 Å². The first-order chi connectivity index (χ1) is 7.47. The molecule has 0 N–H and O–H groups in total. The monoisotopic (exact) mass is 245 g/mol. The maximum absolute atomic E-state index is 12.1. The number of nitrogens with zero attached hydrogens (tertiary/aromatic N) is 1. The molecule has 0 saturated carbocycles. The quantitative estimate of drug-likeness (QED) is 0.509. The molecule has 0 saturated heterocycles. The molecule has 0 heterocycles. The third kappa shape index (κ3) is 6.07. The van der Waals surface area contributed by atoms with Gasteiger partial charge in [-0.2, -0.15) is 5.26 Å². The SMILES string of the molecule is CCOP(=O)(CC(C#N)=CC(C)C)OCC. The summed E-state index contributed by atoms with van der Waals surface area (Å²) in [5, 5.41) is 8.92. The van der Waals surface area contributed by atoms with E-state index in [0.29, 0.717) is 18.8 Å². The van der Waals surface area contributed by atoms with Crippen molar-refractivity contribution in [2.75, 3.05) is 19.4 Å². The van der Waals surface area contributed by atoms with Gasteiger partial charge in [-0.25, -0.2) is 0 Å². The van der Waals surface area contributed by atoms with Gasteiger partial charge in [-0.3, -0.25) is 4.57 Å². The van der Waals surface area contributed by atoms with E-state index >= 15 is 0 Å². The highest BCUT2D eigenvalue weighted by Gasteiger charge is 2.25. The number of allylic oxidation sites excluding steroid dienone is 2. The molecule has 0 aliphatic carbocycles. The minimum atomic E-state index is -3.14. The summed E-state index contributed by atoms with van der Waals surface area (Å²) in [5.41, 5.74) is 0.459. The summed E-state index contributed by atoms with van der Waals surface area (Å²) in [5.74, 6) is 0.242. The van der Waals surface area contributed by atoms with Gasteiger partial charge in [-0.05, 0) is 19.8 Å². The van der Waals surface area contributed by atoms with Gasteiger partial charge < -0.3 is 9.05 Å². The number of hydrogen-bond donors (Lipinski definition) is 0. The molecule has 0 bridgehead atoms. The number of nitriles is 1. The Morgan fingerprint density at radius 2 is 1.88 bits per heavy atom. The molecule has 0 rings (SSSR count). The summed E-state index contributed by atoms with van der Waals surface area (Å²) in [7, 11) is -3.14. The summed E-state index contributed by atoms with van der Waals surface area (Å²) in [4.78, 5) is 0. The van der Waals surface area contributed by atoms with E-state index in [2.05, 4.69) is 0 Å². The van der Waals surface area contributed by atoms with Crippen molar-refractivity contribution in [1.29, 1.82) is 5.26 Å². The molecule has 0 amide bonds. The van der Waals surface area contributed by atoms with E-state index in [1.165, 1.54) is 0 Å². The van der Waals surface area contributed by atoms with Gasteiger partial charge in [0.1, 0.15) is 0 Å². The van der Waals surface area contributed by atoms with E-state index < -0.39 is 7.60 Å². The largest absolute Gasteiger partial charge is 0.335 e. The van der Waals surface area contributed by atoms with Gasteiger partial charge >= 0.3 is 7.60 Å². The predicted molar refractivity (Wildman–Crippen MR) is 64.3 cm³/mol. The van der Waals surface area contributed by atoms with Crippen LogP contribution in [0.2, 0.25) is 0 Å². The summed E-state index contributed by atoms with van der Waals surface area (Å²) in [6.45, 7) is 8.07. The van der Waals surface area contributed by atoms with Gasteiger partial charge in [-0.15, -0.1) is 0 Å². The van der Waals surface area contributed by atoms with E-state index in [-0.39, 0.29) is 12.1 Å². The van der Waals surface area contributed by atoms with Crippen molar-refractivity contribution in [3.63, 3.8) is 0 Å². The first-order valence-corrected chi connectivity index (χ1v) is 7.19. The van der Waals surface area contributed by atoms with Gasteiger partial charge in [0, 0.05) is 5.57 Å². The lowest BCUT2D eigenvalue weighted by Gasteiger charge is -2.16. The fraction of sp³-hybridized carbons (Fsp3) is 0.727. The fourth-order valence-corrected chi connectivity index (χ4v) is 2.90. The molecule has 4 nitrogen and oxygen atoms in total. The molecule has 0 aliphatic heterocycles. The molecule has 0 fully saturated rings. The van der Waals surface area contributed by atoms with Crippen LogP contribution in [0.15, 0.2) is 11.6 Å².